The van der Waals surface area contributed by atoms with Crippen LogP contribution in [-0.4, -0.2) is 34.6 Å². The zero-order chi connectivity index (χ0) is 19.1. The Bertz CT molecular complexity index is 1160. The molecule has 0 aliphatic carbocycles. The summed E-state index contributed by atoms with van der Waals surface area (Å²) in [6, 6.07) is 3.22. The summed E-state index contributed by atoms with van der Waals surface area (Å²) >= 11 is 3.45. The Balaban J connectivity index is 1.81. The minimum atomic E-state index is -0.761. The second kappa shape index (κ2) is 6.65. The maximum absolute atomic E-state index is 14.2. The molecule has 27 heavy (non-hydrogen) atoms. The van der Waals surface area contributed by atoms with Crippen molar-refractivity contribution >= 4 is 21.4 Å². The predicted octanol–water partition coefficient (Wildman–Crippen LogP) is 2.85. The van der Waals surface area contributed by atoms with Gasteiger partial charge in [0.2, 0.25) is 5.88 Å². The van der Waals surface area contributed by atoms with Gasteiger partial charge in [-0.1, -0.05) is 0 Å². The molecule has 0 atom stereocenters. The van der Waals surface area contributed by atoms with E-state index in [2.05, 4.69) is 41.3 Å². The zero-order valence-corrected chi connectivity index (χ0v) is 15.8. The van der Waals surface area contributed by atoms with Crippen LogP contribution in [0.25, 0.3) is 16.9 Å². The van der Waals surface area contributed by atoms with Crippen LogP contribution in [0.15, 0.2) is 29.0 Å². The minimum Gasteiger partial charge on any atom is -0.468 e. The Morgan fingerprint density at radius 1 is 1.22 bits per heavy atom. The lowest BCUT2D eigenvalue weighted by atomic mass is 10.2. The number of ether oxygens (including phenoxy) is 1. The number of fused-ring (bicyclic) bond motifs is 1. The Morgan fingerprint density at radius 3 is 2.74 bits per heavy atom. The molecular formula is C16H12BrF2N7O. The molecule has 4 rings (SSSR count). The molecule has 0 aliphatic rings. The summed E-state index contributed by atoms with van der Waals surface area (Å²) in [6.07, 6.45) is 1.42. The number of benzene rings is 1. The van der Waals surface area contributed by atoms with Crippen LogP contribution in [0.3, 0.4) is 0 Å². The van der Waals surface area contributed by atoms with E-state index in [0.717, 1.165) is 12.1 Å². The van der Waals surface area contributed by atoms with Gasteiger partial charge in [0.05, 0.1) is 11.3 Å². The van der Waals surface area contributed by atoms with Gasteiger partial charge in [-0.15, -0.1) is 10.2 Å². The van der Waals surface area contributed by atoms with Crippen LogP contribution in [0.2, 0.25) is 0 Å². The molecule has 3 heterocycles. The number of halogens is 3. The molecule has 0 bridgehead atoms. The third kappa shape index (κ3) is 3.03. The monoisotopic (exact) mass is 435 g/mol. The number of hydrogen-bond donors (Lipinski definition) is 0. The van der Waals surface area contributed by atoms with E-state index in [-0.39, 0.29) is 23.9 Å². The van der Waals surface area contributed by atoms with E-state index in [4.69, 9.17) is 4.74 Å². The van der Waals surface area contributed by atoms with E-state index in [1.54, 1.807) is 18.7 Å². The topological polar surface area (TPSA) is 83.0 Å². The van der Waals surface area contributed by atoms with Crippen molar-refractivity contribution in [3.63, 3.8) is 0 Å². The molecule has 0 saturated heterocycles. The van der Waals surface area contributed by atoms with Crippen LogP contribution in [0.4, 0.5) is 8.78 Å². The summed E-state index contributed by atoms with van der Waals surface area (Å²) in [7, 11) is 1.75. The van der Waals surface area contributed by atoms with Crippen molar-refractivity contribution in [1.29, 1.82) is 0 Å². The Labute approximate surface area is 159 Å². The van der Waals surface area contributed by atoms with Gasteiger partial charge in [0.25, 0.3) is 0 Å². The first-order valence-electron chi connectivity index (χ1n) is 7.78. The normalized spacial score (nSPS) is 11.3. The van der Waals surface area contributed by atoms with Crippen molar-refractivity contribution in [2.24, 2.45) is 7.05 Å². The molecule has 0 amide bonds. The minimum absolute atomic E-state index is 0.0729. The SMILES string of the molecule is Cc1nnc(-c2ccc(F)cc2F)n2nc(OCc3ncnn3C)c(Br)c12. The summed E-state index contributed by atoms with van der Waals surface area (Å²) in [6.45, 7) is 1.88. The number of rotatable bonds is 4. The summed E-state index contributed by atoms with van der Waals surface area (Å²) < 4.78 is 36.7. The van der Waals surface area contributed by atoms with Gasteiger partial charge < -0.3 is 4.74 Å². The van der Waals surface area contributed by atoms with Crippen molar-refractivity contribution in [1.82, 2.24) is 34.6 Å². The molecule has 0 unspecified atom stereocenters. The lowest BCUT2D eigenvalue weighted by molar-refractivity contribution is 0.275. The van der Waals surface area contributed by atoms with Gasteiger partial charge in [-0.05, 0) is 35.0 Å². The van der Waals surface area contributed by atoms with Crippen LogP contribution in [0.1, 0.15) is 11.5 Å². The second-order valence-electron chi connectivity index (χ2n) is 5.70. The van der Waals surface area contributed by atoms with Gasteiger partial charge >= 0.3 is 0 Å². The molecule has 0 N–H and O–H groups in total. The largest absolute Gasteiger partial charge is 0.468 e. The molecule has 0 radical (unpaired) electrons. The Kier molecular flexibility index (Phi) is 4.30. The molecule has 0 fully saturated rings. The first-order valence-corrected chi connectivity index (χ1v) is 8.57. The average Bonchev–Trinajstić information content (AvgIpc) is 3.18. The van der Waals surface area contributed by atoms with E-state index in [1.165, 1.54) is 16.9 Å². The first-order chi connectivity index (χ1) is 13.0. The molecule has 138 valence electrons. The smallest absolute Gasteiger partial charge is 0.248 e. The van der Waals surface area contributed by atoms with Gasteiger partial charge in [-0.25, -0.2) is 18.3 Å². The quantitative estimate of drug-likeness (QED) is 0.490. The van der Waals surface area contributed by atoms with E-state index < -0.39 is 11.6 Å². The number of hydrogen-bond acceptors (Lipinski definition) is 6. The van der Waals surface area contributed by atoms with Crippen molar-refractivity contribution in [3.8, 4) is 17.3 Å². The van der Waals surface area contributed by atoms with Crippen LogP contribution in [-0.2, 0) is 13.7 Å². The fourth-order valence-electron chi connectivity index (χ4n) is 2.57. The van der Waals surface area contributed by atoms with Crippen molar-refractivity contribution in [2.75, 3.05) is 0 Å². The molecule has 0 spiro atoms. The van der Waals surface area contributed by atoms with Gasteiger partial charge in [-0.3, -0.25) is 4.68 Å². The van der Waals surface area contributed by atoms with Gasteiger partial charge in [0, 0.05) is 13.1 Å². The number of aromatic nitrogens is 7. The molecule has 1 aromatic carbocycles. The summed E-state index contributed by atoms with van der Waals surface area (Å²) in [5.41, 5.74) is 1.20. The number of aryl methyl sites for hydroxylation is 2. The van der Waals surface area contributed by atoms with E-state index in [0.29, 0.717) is 21.5 Å². The van der Waals surface area contributed by atoms with Gasteiger partial charge in [-0.2, -0.15) is 10.2 Å². The summed E-state index contributed by atoms with van der Waals surface area (Å²) in [5.74, 6) is -0.441. The third-order valence-corrected chi connectivity index (χ3v) is 4.67. The van der Waals surface area contributed by atoms with Gasteiger partial charge in [0.15, 0.2) is 11.6 Å². The van der Waals surface area contributed by atoms with E-state index in [1.807, 2.05) is 0 Å². The van der Waals surface area contributed by atoms with Crippen molar-refractivity contribution < 1.29 is 13.5 Å². The number of nitrogens with zero attached hydrogens (tertiary/aromatic N) is 7. The highest BCUT2D eigenvalue weighted by atomic mass is 79.9. The molecule has 3 aromatic heterocycles. The third-order valence-electron chi connectivity index (χ3n) is 3.95. The van der Waals surface area contributed by atoms with E-state index >= 15 is 0 Å². The maximum atomic E-state index is 14.2. The lowest BCUT2D eigenvalue weighted by Crippen LogP contribution is -2.06. The summed E-state index contributed by atoms with van der Waals surface area (Å²) in [4.78, 5) is 4.08. The molecule has 8 nitrogen and oxygen atoms in total. The molecule has 0 aliphatic heterocycles. The molecule has 4 aromatic rings. The molecular weight excluding hydrogens is 424 g/mol. The van der Waals surface area contributed by atoms with Crippen LogP contribution in [0.5, 0.6) is 5.88 Å². The Morgan fingerprint density at radius 2 is 2.04 bits per heavy atom. The highest BCUT2D eigenvalue weighted by molar-refractivity contribution is 9.10. The predicted molar refractivity (Wildman–Crippen MR) is 93.9 cm³/mol. The zero-order valence-electron chi connectivity index (χ0n) is 14.2. The highest BCUT2D eigenvalue weighted by Crippen LogP contribution is 2.33. The Hall–Kier alpha value is -2.95. The van der Waals surface area contributed by atoms with Gasteiger partial charge in [0.1, 0.15) is 34.6 Å². The molecule has 11 heteroatoms. The van der Waals surface area contributed by atoms with Crippen LogP contribution in [0, 0.1) is 18.6 Å². The van der Waals surface area contributed by atoms with Crippen molar-refractivity contribution in [2.45, 2.75) is 13.5 Å². The van der Waals surface area contributed by atoms with Crippen LogP contribution < -0.4 is 4.74 Å². The first kappa shape index (κ1) is 17.5. The summed E-state index contributed by atoms with van der Waals surface area (Å²) in [5, 5.41) is 16.4. The second-order valence-corrected chi connectivity index (χ2v) is 6.49. The maximum Gasteiger partial charge on any atom is 0.248 e. The van der Waals surface area contributed by atoms with E-state index in [9.17, 15) is 8.78 Å². The standard InChI is InChI=1S/C16H12BrF2N7O/c1-8-14-13(17)16(27-6-12-20-7-21-25(12)2)24-26(14)15(23-22-8)10-4-3-9(18)5-11(10)19/h3-5,7H,6H2,1-2H3. The fraction of sp³-hybridized carbons (Fsp3) is 0.188. The fourth-order valence-corrected chi connectivity index (χ4v) is 3.22. The highest BCUT2D eigenvalue weighted by Gasteiger charge is 2.21. The van der Waals surface area contributed by atoms with Crippen LogP contribution >= 0.6 is 15.9 Å². The van der Waals surface area contributed by atoms with Crippen molar-refractivity contribution in [3.05, 3.63) is 52.2 Å². The molecule has 0 saturated carbocycles. The lowest BCUT2D eigenvalue weighted by Gasteiger charge is -2.06. The average molecular weight is 436 g/mol.